The number of esters is 1. The van der Waals surface area contributed by atoms with Gasteiger partial charge in [0.1, 0.15) is 0 Å². The van der Waals surface area contributed by atoms with Crippen molar-refractivity contribution >= 4 is 17.3 Å². The molecule has 0 aromatic carbocycles. The number of thiophene rings is 1. The molecule has 5 nitrogen and oxygen atoms in total. The van der Waals surface area contributed by atoms with Gasteiger partial charge in [-0.2, -0.15) is 0 Å². The molecule has 1 saturated heterocycles. The van der Waals surface area contributed by atoms with Crippen LogP contribution in [0.5, 0.6) is 0 Å². The summed E-state index contributed by atoms with van der Waals surface area (Å²) < 4.78 is 15.9. The summed E-state index contributed by atoms with van der Waals surface area (Å²) in [4.78, 5) is 16.8. The van der Waals surface area contributed by atoms with Crippen LogP contribution in [0.15, 0.2) is 28.1 Å². The van der Waals surface area contributed by atoms with Crippen molar-refractivity contribution in [3.8, 4) is 10.8 Å². The lowest BCUT2D eigenvalue weighted by Gasteiger charge is -2.07. The Balaban J connectivity index is 1.57. The molecule has 0 N–H and O–H groups in total. The summed E-state index contributed by atoms with van der Waals surface area (Å²) in [6.07, 6.45) is 2.80. The molecule has 3 heterocycles. The molecule has 0 amide bonds. The minimum atomic E-state index is -0.417. The zero-order chi connectivity index (χ0) is 13.1. The van der Waals surface area contributed by atoms with Crippen LogP contribution in [0.4, 0.5) is 0 Å². The highest BCUT2D eigenvalue weighted by atomic mass is 32.1. The number of hydrogen-bond acceptors (Lipinski definition) is 6. The molecule has 100 valence electrons. The van der Waals surface area contributed by atoms with Crippen LogP contribution in [-0.4, -0.2) is 23.7 Å². The standard InChI is InChI=1S/C13H13NO4S/c15-13(10-3-1-5-16-10)17-8-9-7-14-12(18-9)11-4-2-6-19-11/h2,4,6-7,10H,1,3,5,8H2/t10-/m1/s1. The molecular formula is C13H13NO4S. The predicted molar refractivity (Wildman–Crippen MR) is 68.6 cm³/mol. The van der Waals surface area contributed by atoms with Crippen molar-refractivity contribution in [2.24, 2.45) is 0 Å². The monoisotopic (exact) mass is 279 g/mol. The number of ether oxygens (including phenoxy) is 2. The lowest BCUT2D eigenvalue weighted by atomic mass is 10.2. The molecule has 0 unspecified atom stereocenters. The van der Waals surface area contributed by atoms with Crippen LogP contribution in [0.25, 0.3) is 10.8 Å². The maximum Gasteiger partial charge on any atom is 0.335 e. The first-order chi connectivity index (χ1) is 9.33. The highest BCUT2D eigenvalue weighted by molar-refractivity contribution is 7.13. The molecule has 19 heavy (non-hydrogen) atoms. The van der Waals surface area contributed by atoms with E-state index in [4.69, 9.17) is 13.9 Å². The zero-order valence-electron chi connectivity index (χ0n) is 10.2. The summed E-state index contributed by atoms with van der Waals surface area (Å²) in [5, 5.41) is 1.96. The Morgan fingerprint density at radius 3 is 3.26 bits per heavy atom. The average molecular weight is 279 g/mol. The second kappa shape index (κ2) is 5.54. The minimum Gasteiger partial charge on any atom is -0.456 e. The molecule has 2 aromatic rings. The van der Waals surface area contributed by atoms with E-state index < -0.39 is 6.10 Å². The maximum atomic E-state index is 11.6. The Labute approximate surface area is 114 Å². The van der Waals surface area contributed by atoms with Crippen molar-refractivity contribution in [2.75, 3.05) is 6.61 Å². The van der Waals surface area contributed by atoms with Gasteiger partial charge < -0.3 is 13.9 Å². The van der Waals surface area contributed by atoms with E-state index >= 15 is 0 Å². The Hall–Kier alpha value is -1.66. The summed E-state index contributed by atoms with van der Waals surface area (Å²) in [7, 11) is 0. The van der Waals surface area contributed by atoms with Gasteiger partial charge in [-0.3, -0.25) is 0 Å². The summed E-state index contributed by atoms with van der Waals surface area (Å²) >= 11 is 1.55. The van der Waals surface area contributed by atoms with Crippen molar-refractivity contribution in [1.29, 1.82) is 0 Å². The van der Waals surface area contributed by atoms with Gasteiger partial charge in [-0.05, 0) is 24.3 Å². The number of hydrogen-bond donors (Lipinski definition) is 0. The first-order valence-electron chi connectivity index (χ1n) is 6.10. The number of aromatic nitrogens is 1. The van der Waals surface area contributed by atoms with Crippen molar-refractivity contribution in [3.05, 3.63) is 29.5 Å². The fraction of sp³-hybridized carbons (Fsp3) is 0.385. The van der Waals surface area contributed by atoms with Crippen LogP contribution in [-0.2, 0) is 20.9 Å². The molecule has 1 aliphatic rings. The van der Waals surface area contributed by atoms with Crippen LogP contribution >= 0.6 is 11.3 Å². The molecule has 0 saturated carbocycles. The summed E-state index contributed by atoms with van der Waals surface area (Å²) in [6.45, 7) is 0.724. The number of rotatable bonds is 4. The first-order valence-corrected chi connectivity index (χ1v) is 6.98. The van der Waals surface area contributed by atoms with Crippen LogP contribution in [0.2, 0.25) is 0 Å². The third-order valence-electron chi connectivity index (χ3n) is 2.83. The fourth-order valence-corrected chi connectivity index (χ4v) is 2.54. The lowest BCUT2D eigenvalue weighted by Crippen LogP contribution is -2.21. The van der Waals surface area contributed by atoms with E-state index in [1.54, 1.807) is 17.5 Å². The second-order valence-electron chi connectivity index (χ2n) is 4.22. The van der Waals surface area contributed by atoms with Gasteiger partial charge in [-0.1, -0.05) is 6.07 Å². The van der Waals surface area contributed by atoms with E-state index in [0.29, 0.717) is 18.3 Å². The van der Waals surface area contributed by atoms with Crippen LogP contribution in [0.3, 0.4) is 0 Å². The van der Waals surface area contributed by atoms with E-state index in [-0.39, 0.29) is 12.6 Å². The van der Waals surface area contributed by atoms with Crippen molar-refractivity contribution in [1.82, 2.24) is 4.98 Å². The minimum absolute atomic E-state index is 0.0943. The van der Waals surface area contributed by atoms with Gasteiger partial charge in [-0.15, -0.1) is 11.3 Å². The number of carbonyl (C=O) groups is 1. The smallest absolute Gasteiger partial charge is 0.335 e. The average Bonchev–Trinajstić information content (AvgIpc) is 3.14. The summed E-state index contributed by atoms with van der Waals surface area (Å²) in [6, 6.07) is 3.86. The lowest BCUT2D eigenvalue weighted by molar-refractivity contribution is -0.156. The van der Waals surface area contributed by atoms with E-state index in [1.807, 2.05) is 17.5 Å². The van der Waals surface area contributed by atoms with Crippen LogP contribution in [0.1, 0.15) is 18.6 Å². The number of nitrogens with zero attached hydrogens (tertiary/aromatic N) is 1. The zero-order valence-corrected chi connectivity index (χ0v) is 11.0. The Morgan fingerprint density at radius 1 is 1.58 bits per heavy atom. The summed E-state index contributed by atoms with van der Waals surface area (Å²) in [5.41, 5.74) is 0. The largest absolute Gasteiger partial charge is 0.456 e. The van der Waals surface area contributed by atoms with Gasteiger partial charge in [0.25, 0.3) is 0 Å². The Bertz CT molecular complexity index is 543. The van der Waals surface area contributed by atoms with Gasteiger partial charge in [0.15, 0.2) is 18.5 Å². The summed E-state index contributed by atoms with van der Waals surface area (Å²) in [5.74, 6) is 0.763. The molecule has 3 rings (SSSR count). The Kier molecular flexibility index (Phi) is 3.61. The van der Waals surface area contributed by atoms with Gasteiger partial charge in [0.2, 0.25) is 5.89 Å². The normalized spacial score (nSPS) is 18.6. The van der Waals surface area contributed by atoms with Crippen molar-refractivity contribution in [2.45, 2.75) is 25.6 Å². The van der Waals surface area contributed by atoms with Gasteiger partial charge in [0.05, 0.1) is 11.1 Å². The molecule has 0 bridgehead atoms. The topological polar surface area (TPSA) is 61.6 Å². The third kappa shape index (κ3) is 2.85. The molecular weight excluding hydrogens is 266 g/mol. The molecule has 0 radical (unpaired) electrons. The van der Waals surface area contributed by atoms with Crippen molar-refractivity contribution < 1.29 is 18.7 Å². The second-order valence-corrected chi connectivity index (χ2v) is 5.17. The van der Waals surface area contributed by atoms with E-state index in [0.717, 1.165) is 17.7 Å². The van der Waals surface area contributed by atoms with Gasteiger partial charge >= 0.3 is 5.97 Å². The highest BCUT2D eigenvalue weighted by Crippen LogP contribution is 2.24. The predicted octanol–water partition coefficient (Wildman–Crippen LogP) is 2.63. The van der Waals surface area contributed by atoms with Crippen molar-refractivity contribution in [3.63, 3.8) is 0 Å². The van der Waals surface area contributed by atoms with Gasteiger partial charge in [0, 0.05) is 6.61 Å². The molecule has 1 aliphatic heterocycles. The molecule has 1 atom stereocenters. The molecule has 6 heteroatoms. The molecule has 2 aromatic heterocycles. The third-order valence-corrected chi connectivity index (χ3v) is 3.69. The van der Waals surface area contributed by atoms with Crippen LogP contribution in [0, 0.1) is 0 Å². The SMILES string of the molecule is O=C(OCc1cnc(-c2cccs2)o1)[C@H]1CCCO1. The fourth-order valence-electron chi connectivity index (χ4n) is 1.89. The first kappa shape index (κ1) is 12.4. The van der Waals surface area contributed by atoms with E-state index in [2.05, 4.69) is 4.98 Å². The quantitative estimate of drug-likeness (QED) is 0.805. The van der Waals surface area contributed by atoms with E-state index in [9.17, 15) is 4.79 Å². The maximum absolute atomic E-state index is 11.6. The molecule has 1 fully saturated rings. The highest BCUT2D eigenvalue weighted by Gasteiger charge is 2.25. The number of carbonyl (C=O) groups excluding carboxylic acids is 1. The molecule has 0 aliphatic carbocycles. The number of oxazole rings is 1. The van der Waals surface area contributed by atoms with E-state index in [1.165, 1.54) is 0 Å². The van der Waals surface area contributed by atoms with Gasteiger partial charge in [-0.25, -0.2) is 9.78 Å². The molecule has 0 spiro atoms. The van der Waals surface area contributed by atoms with Crippen LogP contribution < -0.4 is 0 Å². The Morgan fingerprint density at radius 2 is 2.53 bits per heavy atom.